The van der Waals surface area contributed by atoms with Crippen LogP contribution in [0.2, 0.25) is 0 Å². The predicted octanol–water partition coefficient (Wildman–Crippen LogP) is 16.8. The van der Waals surface area contributed by atoms with E-state index in [2.05, 4.69) is 152 Å². The molecule has 4 fully saturated rings. The Morgan fingerprint density at radius 1 is 0.424 bits per heavy atom. The van der Waals surface area contributed by atoms with E-state index in [0.29, 0.717) is 5.92 Å². The van der Waals surface area contributed by atoms with E-state index in [1.54, 1.807) is 5.56 Å². The topological polar surface area (TPSA) is 3.24 Å². The highest BCUT2D eigenvalue weighted by Gasteiger charge is 2.40. The monoisotopic (exact) mass is 771 g/mol. The van der Waals surface area contributed by atoms with Crippen LogP contribution in [-0.2, 0) is 5.41 Å². The minimum Gasteiger partial charge on any atom is -0.310 e. The van der Waals surface area contributed by atoms with Crippen molar-refractivity contribution in [3.63, 3.8) is 0 Å². The smallest absolute Gasteiger partial charge is 0.0465 e. The number of hydrogen-bond donors (Lipinski definition) is 0. The van der Waals surface area contributed by atoms with Crippen LogP contribution in [0, 0.1) is 11.8 Å². The van der Waals surface area contributed by atoms with Crippen LogP contribution >= 0.6 is 0 Å². The molecule has 3 unspecified atom stereocenters. The zero-order valence-corrected chi connectivity index (χ0v) is 35.4. The van der Waals surface area contributed by atoms with Crippen molar-refractivity contribution < 1.29 is 0 Å². The lowest BCUT2D eigenvalue weighted by Gasteiger charge is -2.29. The van der Waals surface area contributed by atoms with Crippen LogP contribution in [0.4, 0.5) is 17.1 Å². The summed E-state index contributed by atoms with van der Waals surface area (Å²) in [6.07, 6.45) is 19.3. The second-order valence-electron chi connectivity index (χ2n) is 19.8. The Kier molecular flexibility index (Phi) is 9.63. The Morgan fingerprint density at radius 3 is 1.68 bits per heavy atom. The first-order chi connectivity index (χ1) is 29.0. The van der Waals surface area contributed by atoms with Crippen molar-refractivity contribution in [3.8, 4) is 33.4 Å². The number of hydrogen-bond acceptors (Lipinski definition) is 1. The third kappa shape index (κ3) is 6.87. The summed E-state index contributed by atoms with van der Waals surface area (Å²) in [6.45, 7) is 4.84. The molecule has 0 saturated heterocycles. The first-order valence-corrected chi connectivity index (χ1v) is 23.5. The molecule has 11 rings (SSSR count). The Hall–Kier alpha value is -4.88. The van der Waals surface area contributed by atoms with Gasteiger partial charge < -0.3 is 4.90 Å². The number of nitrogens with zero attached hydrogens (tertiary/aromatic N) is 1. The molecule has 0 spiro atoms. The third-order valence-electron chi connectivity index (χ3n) is 16.0. The molecule has 0 heterocycles. The normalized spacial score (nSPS) is 22.3. The van der Waals surface area contributed by atoms with Gasteiger partial charge in [0.15, 0.2) is 0 Å². The van der Waals surface area contributed by atoms with Crippen LogP contribution in [0.3, 0.4) is 0 Å². The minimum absolute atomic E-state index is 0.103. The maximum atomic E-state index is 2.51. The van der Waals surface area contributed by atoms with Gasteiger partial charge in [-0.2, -0.15) is 0 Å². The number of rotatable bonds is 8. The Balaban J connectivity index is 0.934. The minimum atomic E-state index is -0.103. The lowest BCUT2D eigenvalue weighted by Crippen LogP contribution is -2.16. The SMILES string of the molecule is CC1(C)c2ccc(-c3ccc(C4CCCCC4)cc3)cc2-c2ccc(N(c3ccc(-c4cccc(C5CCCCC5)c4)cc3)c3ccc(C4CC5CCC4C5)cc3)cc21. The second kappa shape index (κ2) is 15.3. The quantitative estimate of drug-likeness (QED) is 0.149. The first kappa shape index (κ1) is 37.1. The fourth-order valence-corrected chi connectivity index (χ4v) is 12.6. The van der Waals surface area contributed by atoms with Gasteiger partial charge in [0.05, 0.1) is 0 Å². The summed E-state index contributed by atoms with van der Waals surface area (Å²) >= 11 is 0. The fraction of sp³-hybridized carbons (Fsp3) is 0.379. The summed E-state index contributed by atoms with van der Waals surface area (Å²) in [5, 5.41) is 0. The van der Waals surface area contributed by atoms with Gasteiger partial charge in [-0.1, -0.05) is 150 Å². The highest BCUT2D eigenvalue weighted by Crippen LogP contribution is 2.54. The molecule has 6 aromatic carbocycles. The molecule has 2 bridgehead atoms. The molecule has 0 aliphatic heterocycles. The molecule has 0 amide bonds. The summed E-state index contributed by atoms with van der Waals surface area (Å²) in [5.74, 6) is 4.01. The highest BCUT2D eigenvalue weighted by atomic mass is 15.1. The van der Waals surface area contributed by atoms with E-state index < -0.39 is 0 Å². The maximum Gasteiger partial charge on any atom is 0.0465 e. The molecule has 0 radical (unpaired) electrons. The molecule has 6 aromatic rings. The van der Waals surface area contributed by atoms with E-state index in [1.807, 2.05) is 0 Å². The van der Waals surface area contributed by atoms with E-state index in [1.165, 1.54) is 163 Å². The molecule has 3 atom stereocenters. The van der Waals surface area contributed by atoms with Crippen molar-refractivity contribution in [1.82, 2.24) is 0 Å². The van der Waals surface area contributed by atoms with Crippen LogP contribution in [0.15, 0.2) is 133 Å². The summed E-state index contributed by atoms with van der Waals surface area (Å²) < 4.78 is 0. The van der Waals surface area contributed by atoms with Gasteiger partial charge in [0.1, 0.15) is 0 Å². The molecule has 5 aliphatic carbocycles. The van der Waals surface area contributed by atoms with E-state index in [0.717, 1.165) is 23.7 Å². The van der Waals surface area contributed by atoms with Crippen LogP contribution < -0.4 is 4.90 Å². The van der Waals surface area contributed by atoms with Gasteiger partial charge in [0.2, 0.25) is 0 Å². The van der Waals surface area contributed by atoms with Gasteiger partial charge in [0.25, 0.3) is 0 Å². The van der Waals surface area contributed by atoms with Crippen LogP contribution in [0.1, 0.15) is 149 Å². The van der Waals surface area contributed by atoms with Gasteiger partial charge in [-0.15, -0.1) is 0 Å². The molecule has 59 heavy (non-hydrogen) atoms. The third-order valence-corrected chi connectivity index (χ3v) is 16.0. The molecular formula is C58H61N. The average molecular weight is 772 g/mol. The summed E-state index contributed by atoms with van der Waals surface area (Å²) in [7, 11) is 0. The maximum absolute atomic E-state index is 2.51. The van der Waals surface area contributed by atoms with Gasteiger partial charge >= 0.3 is 0 Å². The largest absolute Gasteiger partial charge is 0.310 e. The van der Waals surface area contributed by atoms with Gasteiger partial charge in [0, 0.05) is 22.5 Å². The molecule has 0 N–H and O–H groups in total. The van der Waals surface area contributed by atoms with Gasteiger partial charge in [-0.05, 0) is 178 Å². The Bertz CT molecular complexity index is 2440. The van der Waals surface area contributed by atoms with E-state index in [9.17, 15) is 0 Å². The molecule has 4 saturated carbocycles. The van der Waals surface area contributed by atoms with Crippen LogP contribution in [-0.4, -0.2) is 0 Å². The lowest BCUT2D eigenvalue weighted by atomic mass is 9.81. The van der Waals surface area contributed by atoms with E-state index in [4.69, 9.17) is 0 Å². The van der Waals surface area contributed by atoms with E-state index >= 15 is 0 Å². The van der Waals surface area contributed by atoms with Crippen molar-refractivity contribution in [2.75, 3.05) is 4.90 Å². The number of benzene rings is 6. The van der Waals surface area contributed by atoms with Gasteiger partial charge in [-0.25, -0.2) is 0 Å². The van der Waals surface area contributed by atoms with Crippen LogP contribution in [0.25, 0.3) is 33.4 Å². The van der Waals surface area contributed by atoms with Crippen molar-refractivity contribution in [1.29, 1.82) is 0 Å². The van der Waals surface area contributed by atoms with Gasteiger partial charge in [-0.3, -0.25) is 0 Å². The molecule has 0 aromatic heterocycles. The predicted molar refractivity (Wildman–Crippen MR) is 249 cm³/mol. The standard InChI is InChI=1S/C58H61N/c1-58(2)56-33-26-48(43-20-18-42(19-21-43)40-10-5-3-6-11-40)37-55(56)53-32-31-52(38-57(53)58)59(51-29-24-45(25-30-51)54-35-39-16-17-49(54)34-39)50-27-22-44(23-28-50)47-15-9-14-46(36-47)41-12-7-4-8-13-41/h9,14-15,18-33,36-41,49,54H,3-8,10-13,16-17,34-35H2,1-2H3. The Labute approximate surface area is 353 Å². The molecule has 1 heteroatoms. The van der Waals surface area contributed by atoms with Crippen molar-refractivity contribution >= 4 is 17.1 Å². The number of anilines is 3. The summed E-state index contributed by atoms with van der Waals surface area (Å²) in [4.78, 5) is 2.51. The van der Waals surface area contributed by atoms with Crippen molar-refractivity contribution in [2.45, 2.75) is 127 Å². The highest BCUT2D eigenvalue weighted by molar-refractivity contribution is 5.88. The van der Waals surface area contributed by atoms with Crippen LogP contribution in [0.5, 0.6) is 0 Å². The first-order valence-electron chi connectivity index (χ1n) is 23.5. The molecule has 5 aliphatic rings. The average Bonchev–Trinajstić information content (AvgIpc) is 4.00. The van der Waals surface area contributed by atoms with E-state index in [-0.39, 0.29) is 5.41 Å². The second-order valence-corrected chi connectivity index (χ2v) is 19.8. The fourth-order valence-electron chi connectivity index (χ4n) is 12.6. The summed E-state index contributed by atoms with van der Waals surface area (Å²) in [5.41, 5.74) is 19.0. The molecule has 1 nitrogen and oxygen atoms in total. The van der Waals surface area contributed by atoms with Crippen molar-refractivity contribution in [3.05, 3.63) is 161 Å². The Morgan fingerprint density at radius 2 is 1.02 bits per heavy atom. The van der Waals surface area contributed by atoms with Crippen molar-refractivity contribution in [2.24, 2.45) is 11.8 Å². The lowest BCUT2D eigenvalue weighted by molar-refractivity contribution is 0.420. The number of fused-ring (bicyclic) bond motifs is 5. The molecule has 298 valence electrons. The zero-order valence-electron chi connectivity index (χ0n) is 35.4. The summed E-state index contributed by atoms with van der Waals surface area (Å²) in [6, 6.07) is 52.6. The molecular weight excluding hydrogens is 711 g/mol. The zero-order chi connectivity index (χ0) is 39.5.